The van der Waals surface area contributed by atoms with Crippen molar-refractivity contribution in [3.8, 4) is 0 Å². The van der Waals surface area contributed by atoms with Gasteiger partial charge in [-0.3, -0.25) is 0 Å². The quantitative estimate of drug-likeness (QED) is 0.208. The molecule has 2 aromatic heterocycles. The normalized spacial score (nSPS) is 28.3. The van der Waals surface area contributed by atoms with E-state index in [2.05, 4.69) is 22.1 Å². The van der Waals surface area contributed by atoms with Gasteiger partial charge in [0.2, 0.25) is 5.89 Å². The van der Waals surface area contributed by atoms with Crippen LogP contribution in [0.1, 0.15) is 93.6 Å². The van der Waals surface area contributed by atoms with Gasteiger partial charge in [-0.05, 0) is 32.1 Å². The fourth-order valence-electron chi connectivity index (χ4n) is 5.98. The first kappa shape index (κ1) is 42.9. The molecule has 0 aromatic carbocycles. The number of methoxy groups -OCH3 is 1. The number of aliphatic hydroxyl groups excluding tert-OH is 2. The van der Waals surface area contributed by atoms with E-state index in [-0.39, 0.29) is 23.7 Å². The molecule has 0 unspecified atom stereocenters. The molecule has 0 spiro atoms. The highest BCUT2D eigenvalue weighted by Crippen LogP contribution is 2.41. The average Bonchev–Trinajstić information content (AvgIpc) is 3.47. The molecule has 3 heterocycles. The highest BCUT2D eigenvalue weighted by Gasteiger charge is 2.40. The molecule has 1 aliphatic heterocycles. The van der Waals surface area contributed by atoms with E-state index in [0.717, 1.165) is 6.42 Å². The summed E-state index contributed by atoms with van der Waals surface area (Å²) < 4.78 is 28.7. The lowest BCUT2D eigenvalue weighted by Gasteiger charge is -2.36. The van der Waals surface area contributed by atoms with Gasteiger partial charge < -0.3 is 33.3 Å². The van der Waals surface area contributed by atoms with Crippen LogP contribution in [0.3, 0.4) is 0 Å². The van der Waals surface area contributed by atoms with Gasteiger partial charge in [0, 0.05) is 36.9 Å². The van der Waals surface area contributed by atoms with Crippen LogP contribution in [0.4, 0.5) is 0 Å². The monoisotopic (exact) mass is 756 g/mol. The Hall–Kier alpha value is -4.84. The molecule has 2 N–H and O–H groups in total. The molecule has 1 fully saturated rings. The summed E-state index contributed by atoms with van der Waals surface area (Å²) in [6.07, 6.45) is 30.6. The summed E-state index contributed by atoms with van der Waals surface area (Å²) in [5, 5.41) is 21.8. The molecular weight excluding hydrogens is 700 g/mol. The Morgan fingerprint density at radius 1 is 0.745 bits per heavy atom. The molecule has 1 aliphatic carbocycles. The maximum Gasteiger partial charge on any atom is 0.360 e. The van der Waals surface area contributed by atoms with Crippen LogP contribution in [-0.4, -0.2) is 69.7 Å². The number of hydrogen-bond acceptors (Lipinski definition) is 11. The lowest BCUT2D eigenvalue weighted by molar-refractivity contribution is -0.0461. The first-order valence-electron chi connectivity index (χ1n) is 18.8. The van der Waals surface area contributed by atoms with Crippen molar-refractivity contribution in [2.75, 3.05) is 7.11 Å². The Kier molecular flexibility index (Phi) is 15.7. The van der Waals surface area contributed by atoms with Gasteiger partial charge in [-0.1, -0.05) is 119 Å². The van der Waals surface area contributed by atoms with E-state index in [1.165, 1.54) is 12.5 Å². The summed E-state index contributed by atoms with van der Waals surface area (Å²) in [4.78, 5) is 35.3. The molecule has 1 saturated carbocycles. The number of oxazole rings is 2. The van der Waals surface area contributed by atoms with Gasteiger partial charge in [0.1, 0.15) is 24.7 Å². The Morgan fingerprint density at radius 2 is 1.31 bits per heavy atom. The summed E-state index contributed by atoms with van der Waals surface area (Å²) >= 11 is 0. The summed E-state index contributed by atoms with van der Waals surface area (Å²) in [5.74, 6) is -0.0632. The van der Waals surface area contributed by atoms with Crippen LogP contribution < -0.4 is 0 Å². The summed E-state index contributed by atoms with van der Waals surface area (Å²) in [6.45, 7) is 11.1. The van der Waals surface area contributed by atoms with Crippen molar-refractivity contribution < 1.29 is 42.8 Å². The smallest absolute Gasteiger partial charge is 0.360 e. The predicted molar refractivity (Wildman–Crippen MR) is 211 cm³/mol. The number of ether oxygens (including phenoxy) is 3. The topological polar surface area (TPSA) is 154 Å². The van der Waals surface area contributed by atoms with Gasteiger partial charge in [-0.2, -0.15) is 0 Å². The second-order valence-corrected chi connectivity index (χ2v) is 15.0. The molecule has 2 aromatic rings. The molecule has 4 bridgehead atoms. The standard InChI is InChI=1S/C44H56N2O9/c1-8-18-35(47)43(3,4)37-23-14-12-10-11-13-22-32(51-7)27-40-46-34(29-53-40)42(50)55-38(44(5,6)36(48)19-9-2)24-17-21-31-26-30(31)20-15-16-25-39-45-33(28-52-39)41(49)54-37/h8-22,25,28-32,35-38,47-48H,23-24,26-27H2,1-7H3/b11-10-,14-12-,18-8+,19-9+,20-15+,21-17-,22-13+,25-16-/t30-,31+,32+,35+,36+,37+,38+/m1/s1. The number of aromatic nitrogens is 2. The van der Waals surface area contributed by atoms with E-state index < -0.39 is 53.3 Å². The van der Waals surface area contributed by atoms with Crippen LogP contribution in [0.25, 0.3) is 6.08 Å². The highest BCUT2D eigenvalue weighted by atomic mass is 16.6. The van der Waals surface area contributed by atoms with Crippen molar-refractivity contribution in [2.45, 2.75) is 97.7 Å². The minimum atomic E-state index is -0.864. The van der Waals surface area contributed by atoms with Gasteiger partial charge in [-0.25, -0.2) is 19.6 Å². The zero-order valence-electron chi connectivity index (χ0n) is 32.9. The van der Waals surface area contributed by atoms with Crippen molar-refractivity contribution >= 4 is 18.0 Å². The Balaban J connectivity index is 1.58. The van der Waals surface area contributed by atoms with Crippen LogP contribution in [-0.2, 0) is 20.6 Å². The molecule has 0 saturated heterocycles. The molecule has 55 heavy (non-hydrogen) atoms. The molecule has 4 rings (SSSR count). The number of allylic oxidation sites excluding steroid dienone is 10. The molecular formula is C44H56N2O9. The largest absolute Gasteiger partial charge is 0.457 e. The number of carbonyl (C=O) groups excluding carboxylic acids is 2. The maximum absolute atomic E-state index is 13.3. The number of carbonyl (C=O) groups is 2. The fourth-order valence-corrected chi connectivity index (χ4v) is 5.98. The van der Waals surface area contributed by atoms with Crippen LogP contribution in [0, 0.1) is 22.7 Å². The van der Waals surface area contributed by atoms with Crippen molar-refractivity contribution in [3.05, 3.63) is 127 Å². The van der Waals surface area contributed by atoms with E-state index in [4.69, 9.17) is 23.0 Å². The maximum atomic E-state index is 13.3. The molecule has 0 amide bonds. The Bertz CT molecular complexity index is 1800. The minimum Gasteiger partial charge on any atom is -0.457 e. The van der Waals surface area contributed by atoms with Crippen LogP contribution in [0.5, 0.6) is 0 Å². The summed E-state index contributed by atoms with van der Waals surface area (Å²) in [6, 6.07) is 0. The third-order valence-electron chi connectivity index (χ3n) is 10.1. The SMILES string of the molecule is C/C=C/[C@H](O)C(C)(C)[C@@H]1C\C=C/C=C\C=C\[C@H](OC)Cc2nc(co2)C(=O)O[C@H](C(C)(C)[C@@H](O)/C=C/C)C/C=C\[C@H]2C[C@H]2/C=C/C=C\c2nc(co2)C(=O)O1. The van der Waals surface area contributed by atoms with E-state index in [0.29, 0.717) is 30.6 Å². The lowest BCUT2D eigenvalue weighted by Crippen LogP contribution is -2.42. The Morgan fingerprint density at radius 3 is 1.95 bits per heavy atom. The third kappa shape index (κ3) is 12.3. The zero-order valence-corrected chi connectivity index (χ0v) is 32.9. The predicted octanol–water partition coefficient (Wildman–Crippen LogP) is 8.12. The first-order valence-corrected chi connectivity index (χ1v) is 18.8. The molecule has 2 aliphatic rings. The number of esters is 2. The molecule has 7 atom stereocenters. The van der Waals surface area contributed by atoms with Crippen LogP contribution in [0.15, 0.2) is 113 Å². The summed E-state index contributed by atoms with van der Waals surface area (Å²) in [7, 11) is 1.57. The average molecular weight is 757 g/mol. The fraction of sp³-hybridized carbons (Fsp3) is 0.455. The van der Waals surface area contributed by atoms with Crippen molar-refractivity contribution in [1.82, 2.24) is 9.97 Å². The van der Waals surface area contributed by atoms with Gasteiger partial charge >= 0.3 is 11.9 Å². The van der Waals surface area contributed by atoms with Crippen molar-refractivity contribution in [3.63, 3.8) is 0 Å². The Labute approximate surface area is 324 Å². The molecule has 11 heteroatoms. The minimum absolute atomic E-state index is 0.0325. The second-order valence-electron chi connectivity index (χ2n) is 15.0. The zero-order chi connectivity index (χ0) is 40.0. The van der Waals surface area contributed by atoms with Gasteiger partial charge in [0.25, 0.3) is 0 Å². The van der Waals surface area contributed by atoms with Gasteiger partial charge in [-0.15, -0.1) is 0 Å². The van der Waals surface area contributed by atoms with Crippen molar-refractivity contribution in [2.24, 2.45) is 22.7 Å². The molecule has 0 radical (unpaired) electrons. The number of hydrogen-bond donors (Lipinski definition) is 2. The van der Waals surface area contributed by atoms with Crippen LogP contribution >= 0.6 is 0 Å². The van der Waals surface area contributed by atoms with E-state index in [9.17, 15) is 19.8 Å². The van der Waals surface area contributed by atoms with E-state index in [1.54, 1.807) is 43.6 Å². The number of fused-ring (bicyclic) bond motifs is 5. The van der Waals surface area contributed by atoms with E-state index >= 15 is 0 Å². The van der Waals surface area contributed by atoms with E-state index in [1.807, 2.05) is 90.2 Å². The molecule has 296 valence electrons. The van der Waals surface area contributed by atoms with Gasteiger partial charge in [0.05, 0.1) is 24.7 Å². The first-order chi connectivity index (χ1) is 26.3. The molecule has 11 nitrogen and oxygen atoms in total. The number of cyclic esters (lactones) is 2. The number of rotatable bonds is 7. The lowest BCUT2D eigenvalue weighted by atomic mass is 9.79. The van der Waals surface area contributed by atoms with Crippen LogP contribution in [0.2, 0.25) is 0 Å². The van der Waals surface area contributed by atoms with Gasteiger partial charge in [0.15, 0.2) is 17.3 Å². The number of nitrogens with zero attached hydrogens (tertiary/aromatic N) is 2. The number of aliphatic hydroxyl groups is 2. The summed E-state index contributed by atoms with van der Waals surface area (Å²) in [5.41, 5.74) is -1.55. The third-order valence-corrected chi connectivity index (χ3v) is 10.1. The second kappa shape index (κ2) is 20.2. The van der Waals surface area contributed by atoms with Crippen molar-refractivity contribution in [1.29, 1.82) is 0 Å². The highest BCUT2D eigenvalue weighted by molar-refractivity contribution is 5.87.